The minimum Gasteiger partial charge on any atom is -0.465 e. The van der Waals surface area contributed by atoms with Crippen LogP contribution < -0.4 is 0 Å². The smallest absolute Gasteiger partial charge is 0.308 e. The highest BCUT2D eigenvalue weighted by Gasteiger charge is 2.39. The first-order chi connectivity index (χ1) is 15.9. The van der Waals surface area contributed by atoms with Crippen LogP contribution in [0.3, 0.4) is 0 Å². The van der Waals surface area contributed by atoms with Gasteiger partial charge < -0.3 is 9.84 Å². The van der Waals surface area contributed by atoms with E-state index >= 15 is 0 Å². The highest BCUT2D eigenvalue weighted by atomic mass is 32.1. The summed E-state index contributed by atoms with van der Waals surface area (Å²) in [5, 5.41) is 13.5. The molecule has 6 nitrogen and oxygen atoms in total. The number of thiazole rings is 1. The quantitative estimate of drug-likeness (QED) is 0.399. The minimum absolute atomic E-state index is 0.129. The Hall–Kier alpha value is -2.12. The predicted octanol–water partition coefficient (Wildman–Crippen LogP) is 5.72. The molecule has 0 aromatic carbocycles. The van der Waals surface area contributed by atoms with Gasteiger partial charge in [0, 0.05) is 23.6 Å². The summed E-state index contributed by atoms with van der Waals surface area (Å²) in [7, 11) is 0. The average Bonchev–Trinajstić information content (AvgIpc) is 3.19. The van der Waals surface area contributed by atoms with E-state index in [-0.39, 0.29) is 36.4 Å². The molecule has 0 aliphatic carbocycles. The van der Waals surface area contributed by atoms with E-state index in [2.05, 4.69) is 10.4 Å². The van der Waals surface area contributed by atoms with E-state index in [0.717, 1.165) is 16.3 Å². The fraction of sp³-hybridized carbons (Fsp3) is 0.630. The Morgan fingerprint density at radius 2 is 1.82 bits per heavy atom. The van der Waals surface area contributed by atoms with Crippen molar-refractivity contribution < 1.29 is 24.2 Å². The van der Waals surface area contributed by atoms with Crippen LogP contribution in [-0.2, 0) is 19.1 Å². The molecule has 0 radical (unpaired) electrons. The highest BCUT2D eigenvalue weighted by Crippen LogP contribution is 2.31. The fourth-order valence-corrected chi connectivity index (χ4v) is 4.40. The Morgan fingerprint density at radius 1 is 1.15 bits per heavy atom. The summed E-state index contributed by atoms with van der Waals surface area (Å²) in [6, 6.07) is 0. The van der Waals surface area contributed by atoms with Crippen molar-refractivity contribution in [3.05, 3.63) is 33.8 Å². The summed E-state index contributed by atoms with van der Waals surface area (Å²) >= 11 is 1.68. The molecule has 1 N–H and O–H groups in total. The first-order valence-corrected chi connectivity index (χ1v) is 12.9. The van der Waals surface area contributed by atoms with Crippen LogP contribution in [0.4, 0.5) is 0 Å². The van der Waals surface area contributed by atoms with Crippen molar-refractivity contribution in [2.45, 2.75) is 86.7 Å². The summed E-state index contributed by atoms with van der Waals surface area (Å²) in [5.74, 6) is -1.02. The molecule has 0 fully saturated rings. The molecule has 190 valence electrons. The number of hydrogen-bond acceptors (Lipinski definition) is 7. The van der Waals surface area contributed by atoms with Gasteiger partial charge in [-0.2, -0.15) is 0 Å². The molecule has 0 amide bonds. The standard InChI is InChI=1S/C20H32O5.C7H9NS/c1-13-7-6-10-25-18(23)12-17(22)20(4,5)19(24)15(3)11-14(2)16(21)9-8-13;1-3-4-7-5-9-6(2)8-7/h7,14-15,17,22H,6,8-12H2,1-5H3;3-5H,1-2H3/b13-7-;4-3-. The number of hydrogen-bond donors (Lipinski definition) is 1. The minimum atomic E-state index is -1.11. The molecule has 1 aliphatic heterocycles. The van der Waals surface area contributed by atoms with Crippen molar-refractivity contribution in [3.8, 4) is 0 Å². The number of nitrogens with zero attached hydrogens (tertiary/aromatic N) is 1. The van der Waals surface area contributed by atoms with Crippen LogP contribution in [0, 0.1) is 24.2 Å². The molecule has 0 saturated carbocycles. The van der Waals surface area contributed by atoms with Gasteiger partial charge >= 0.3 is 5.97 Å². The van der Waals surface area contributed by atoms with Crippen LogP contribution in [0.5, 0.6) is 0 Å². The third kappa shape index (κ3) is 10.0. The van der Waals surface area contributed by atoms with E-state index in [1.54, 1.807) is 32.1 Å². The largest absolute Gasteiger partial charge is 0.465 e. The van der Waals surface area contributed by atoms with Crippen LogP contribution in [0.15, 0.2) is 23.1 Å². The molecule has 0 saturated heterocycles. The lowest BCUT2D eigenvalue weighted by atomic mass is 9.74. The molecule has 2 rings (SSSR count). The van der Waals surface area contributed by atoms with Crippen molar-refractivity contribution in [3.63, 3.8) is 0 Å². The van der Waals surface area contributed by atoms with Gasteiger partial charge in [0.1, 0.15) is 11.6 Å². The normalized spacial score (nSPS) is 26.9. The molecule has 0 spiro atoms. The number of aliphatic hydroxyl groups is 1. The van der Waals surface area contributed by atoms with Crippen molar-refractivity contribution >= 4 is 34.9 Å². The maximum atomic E-state index is 12.7. The van der Waals surface area contributed by atoms with E-state index < -0.39 is 17.5 Å². The zero-order chi connectivity index (χ0) is 25.9. The molecule has 3 atom stereocenters. The van der Waals surface area contributed by atoms with Gasteiger partial charge in [-0.15, -0.1) is 11.3 Å². The van der Waals surface area contributed by atoms with Gasteiger partial charge in [0.15, 0.2) is 0 Å². The third-order valence-corrected chi connectivity index (χ3v) is 6.94. The van der Waals surface area contributed by atoms with E-state index in [1.165, 1.54) is 0 Å². The zero-order valence-electron chi connectivity index (χ0n) is 21.7. The molecular formula is C27H41NO5S. The second kappa shape index (κ2) is 14.3. The molecular weight excluding hydrogens is 450 g/mol. The summed E-state index contributed by atoms with van der Waals surface area (Å²) in [4.78, 5) is 41.2. The highest BCUT2D eigenvalue weighted by molar-refractivity contribution is 7.09. The number of cyclic esters (lactones) is 1. The summed E-state index contributed by atoms with van der Waals surface area (Å²) in [5.41, 5.74) is 1.10. The molecule has 1 aromatic rings. The number of rotatable bonds is 1. The summed E-state index contributed by atoms with van der Waals surface area (Å²) < 4.78 is 5.13. The Morgan fingerprint density at radius 3 is 2.41 bits per heavy atom. The monoisotopic (exact) mass is 491 g/mol. The van der Waals surface area contributed by atoms with Gasteiger partial charge in [0.2, 0.25) is 0 Å². The number of allylic oxidation sites excluding steroid dienone is 2. The maximum absolute atomic E-state index is 12.7. The topological polar surface area (TPSA) is 93.6 Å². The molecule has 7 heteroatoms. The number of ether oxygens (including phenoxy) is 1. The van der Waals surface area contributed by atoms with Gasteiger partial charge in [0.25, 0.3) is 0 Å². The predicted molar refractivity (Wildman–Crippen MR) is 137 cm³/mol. The molecule has 1 aliphatic rings. The number of ketones is 2. The van der Waals surface area contributed by atoms with Crippen molar-refractivity contribution in [2.75, 3.05) is 6.61 Å². The summed E-state index contributed by atoms with van der Waals surface area (Å²) in [6.45, 7) is 13.1. The number of Topliss-reactive ketones (excluding diaryl/α,β-unsaturated/α-hetero) is 2. The van der Waals surface area contributed by atoms with Crippen LogP contribution in [0.1, 0.15) is 84.3 Å². The second-order valence-electron chi connectivity index (χ2n) is 9.66. The maximum Gasteiger partial charge on any atom is 0.308 e. The lowest BCUT2D eigenvalue weighted by Crippen LogP contribution is -2.42. The Balaban J connectivity index is 0.000000533. The lowest BCUT2D eigenvalue weighted by Gasteiger charge is -2.31. The van der Waals surface area contributed by atoms with Gasteiger partial charge in [0.05, 0.1) is 35.2 Å². The van der Waals surface area contributed by atoms with Crippen molar-refractivity contribution in [1.29, 1.82) is 0 Å². The van der Waals surface area contributed by atoms with Crippen molar-refractivity contribution in [2.24, 2.45) is 17.3 Å². The van der Waals surface area contributed by atoms with Gasteiger partial charge in [-0.3, -0.25) is 14.4 Å². The zero-order valence-corrected chi connectivity index (χ0v) is 22.5. The number of carbonyl (C=O) groups is 3. The first-order valence-electron chi connectivity index (χ1n) is 12.0. The molecule has 3 unspecified atom stereocenters. The fourth-order valence-electron chi connectivity index (χ4n) is 3.81. The SMILES string of the molecule is C/C1=C/CCOC(=O)CC(O)C(C)(C)C(=O)C(C)CC(C)C(=O)CC1.C/C=C\c1csc(C)n1. The molecule has 1 aromatic heterocycles. The molecule has 2 heterocycles. The number of aryl methyl sites for hydroxylation is 1. The number of aromatic nitrogens is 1. The van der Waals surface area contributed by atoms with Crippen LogP contribution >= 0.6 is 11.3 Å². The van der Waals surface area contributed by atoms with Crippen LogP contribution in [0.2, 0.25) is 0 Å². The lowest BCUT2D eigenvalue weighted by molar-refractivity contribution is -0.150. The Labute approximate surface area is 208 Å². The molecule has 0 bridgehead atoms. The Kier molecular flexibility index (Phi) is 12.6. The van der Waals surface area contributed by atoms with E-state index in [1.807, 2.05) is 45.9 Å². The van der Waals surface area contributed by atoms with Crippen molar-refractivity contribution in [1.82, 2.24) is 4.98 Å². The van der Waals surface area contributed by atoms with E-state index in [9.17, 15) is 19.5 Å². The van der Waals surface area contributed by atoms with E-state index in [0.29, 0.717) is 25.7 Å². The van der Waals surface area contributed by atoms with Gasteiger partial charge in [-0.05, 0) is 46.1 Å². The number of aliphatic hydroxyl groups excluding tert-OH is 1. The number of carbonyl (C=O) groups excluding carboxylic acids is 3. The van der Waals surface area contributed by atoms with Gasteiger partial charge in [-0.1, -0.05) is 45.4 Å². The average molecular weight is 492 g/mol. The first kappa shape index (κ1) is 29.9. The van der Waals surface area contributed by atoms with Crippen LogP contribution in [-0.4, -0.2) is 40.3 Å². The summed E-state index contributed by atoms with van der Waals surface area (Å²) in [6.07, 6.45) is 6.84. The molecule has 34 heavy (non-hydrogen) atoms. The van der Waals surface area contributed by atoms with Crippen LogP contribution in [0.25, 0.3) is 6.08 Å². The Bertz CT molecular complexity index is 883. The van der Waals surface area contributed by atoms with E-state index in [4.69, 9.17) is 4.74 Å². The second-order valence-corrected chi connectivity index (χ2v) is 10.7. The number of esters is 1. The van der Waals surface area contributed by atoms with Gasteiger partial charge in [-0.25, -0.2) is 4.98 Å². The third-order valence-electron chi connectivity index (χ3n) is 6.15.